The molecule has 1 heterocycles. The highest BCUT2D eigenvalue weighted by Gasteiger charge is 2.20. The lowest BCUT2D eigenvalue weighted by atomic mass is 9.94. The van der Waals surface area contributed by atoms with Gasteiger partial charge in [0, 0.05) is 19.2 Å². The van der Waals surface area contributed by atoms with E-state index in [1.807, 2.05) is 0 Å². The zero-order valence-corrected chi connectivity index (χ0v) is 10.0. The lowest BCUT2D eigenvalue weighted by Gasteiger charge is -2.25. The molecule has 0 aromatic carbocycles. The zero-order valence-electron chi connectivity index (χ0n) is 10.0. The highest BCUT2D eigenvalue weighted by atomic mass is 16.5. The van der Waals surface area contributed by atoms with Gasteiger partial charge in [0.25, 0.3) is 0 Å². The molecule has 2 unspecified atom stereocenters. The Bertz CT molecular complexity index is 154. The van der Waals surface area contributed by atoms with E-state index >= 15 is 0 Å². The second-order valence-electron chi connectivity index (χ2n) is 4.41. The average Bonchev–Trinajstić information content (AvgIpc) is 2.77. The smallest absolute Gasteiger partial charge is 0.0700 e. The first-order valence-corrected chi connectivity index (χ1v) is 6.27. The molecule has 0 aliphatic carbocycles. The maximum absolute atomic E-state index is 9.33. The summed E-state index contributed by atoms with van der Waals surface area (Å²) in [6.45, 7) is 6.40. The molecule has 0 aromatic rings. The van der Waals surface area contributed by atoms with Crippen LogP contribution in [-0.4, -0.2) is 37.0 Å². The Hall–Kier alpha value is -0.120. The molecule has 0 radical (unpaired) electrons. The number of hydrogen-bond acceptors (Lipinski definition) is 3. The topological polar surface area (TPSA) is 41.5 Å². The third-order valence-electron chi connectivity index (χ3n) is 3.45. The lowest BCUT2D eigenvalue weighted by Crippen LogP contribution is -2.42. The summed E-state index contributed by atoms with van der Waals surface area (Å²) in [5.41, 5.74) is 0. The van der Waals surface area contributed by atoms with Crippen molar-refractivity contribution in [2.45, 2.75) is 51.7 Å². The number of aliphatic hydroxyl groups excluding tert-OH is 1. The van der Waals surface area contributed by atoms with Crippen molar-refractivity contribution in [2.24, 2.45) is 5.92 Å². The SMILES string of the molecule is CCC(CC)C(CO)NCC1CCCO1. The Balaban J connectivity index is 2.25. The van der Waals surface area contributed by atoms with Gasteiger partial charge in [0.1, 0.15) is 0 Å². The summed E-state index contributed by atoms with van der Waals surface area (Å²) < 4.78 is 5.55. The molecule has 1 aliphatic heterocycles. The van der Waals surface area contributed by atoms with E-state index in [-0.39, 0.29) is 12.6 Å². The number of ether oxygens (including phenoxy) is 1. The minimum absolute atomic E-state index is 0.235. The van der Waals surface area contributed by atoms with Gasteiger partial charge in [-0.15, -0.1) is 0 Å². The highest BCUT2D eigenvalue weighted by Crippen LogP contribution is 2.15. The van der Waals surface area contributed by atoms with Crippen LogP contribution in [0.15, 0.2) is 0 Å². The molecule has 1 aliphatic rings. The fourth-order valence-corrected chi connectivity index (χ4v) is 2.33. The molecule has 0 aromatic heterocycles. The van der Waals surface area contributed by atoms with Crippen LogP contribution >= 0.6 is 0 Å². The standard InChI is InChI=1S/C12H25NO2/c1-3-10(4-2)12(9-14)13-8-11-6-5-7-15-11/h10-14H,3-9H2,1-2H3. The van der Waals surface area contributed by atoms with Gasteiger partial charge < -0.3 is 15.2 Å². The fourth-order valence-electron chi connectivity index (χ4n) is 2.33. The first-order valence-electron chi connectivity index (χ1n) is 6.27. The van der Waals surface area contributed by atoms with Gasteiger partial charge in [0.05, 0.1) is 12.7 Å². The molecule has 0 bridgehead atoms. The molecule has 90 valence electrons. The molecule has 0 saturated carbocycles. The van der Waals surface area contributed by atoms with Gasteiger partial charge in [0.15, 0.2) is 0 Å². The minimum atomic E-state index is 0.235. The van der Waals surface area contributed by atoms with Gasteiger partial charge >= 0.3 is 0 Å². The van der Waals surface area contributed by atoms with Crippen molar-refractivity contribution in [2.75, 3.05) is 19.8 Å². The van der Waals surface area contributed by atoms with Crippen LogP contribution in [-0.2, 0) is 4.74 Å². The molecule has 3 heteroatoms. The summed E-state index contributed by atoms with van der Waals surface area (Å²) in [5.74, 6) is 0.580. The Labute approximate surface area is 93.2 Å². The monoisotopic (exact) mass is 215 g/mol. The molecule has 15 heavy (non-hydrogen) atoms. The van der Waals surface area contributed by atoms with E-state index in [1.165, 1.54) is 6.42 Å². The Kier molecular flexibility index (Phi) is 6.22. The van der Waals surface area contributed by atoms with Crippen molar-refractivity contribution >= 4 is 0 Å². The molecular weight excluding hydrogens is 190 g/mol. The number of nitrogens with one attached hydrogen (secondary N) is 1. The van der Waals surface area contributed by atoms with Crippen molar-refractivity contribution in [3.8, 4) is 0 Å². The maximum Gasteiger partial charge on any atom is 0.0700 e. The van der Waals surface area contributed by atoms with E-state index in [1.54, 1.807) is 0 Å². The predicted molar refractivity (Wildman–Crippen MR) is 61.9 cm³/mol. The molecule has 0 amide bonds. The molecule has 2 N–H and O–H groups in total. The largest absolute Gasteiger partial charge is 0.395 e. The van der Waals surface area contributed by atoms with Crippen LogP contribution in [0.1, 0.15) is 39.5 Å². The van der Waals surface area contributed by atoms with Crippen molar-refractivity contribution in [3.63, 3.8) is 0 Å². The van der Waals surface area contributed by atoms with E-state index in [0.717, 1.165) is 32.4 Å². The van der Waals surface area contributed by atoms with Crippen molar-refractivity contribution < 1.29 is 9.84 Å². The van der Waals surface area contributed by atoms with Gasteiger partial charge in [-0.3, -0.25) is 0 Å². The average molecular weight is 215 g/mol. The summed E-state index contributed by atoms with van der Waals surface area (Å²) in [6.07, 6.45) is 4.96. The number of hydrogen-bond donors (Lipinski definition) is 2. The van der Waals surface area contributed by atoms with Crippen molar-refractivity contribution in [1.29, 1.82) is 0 Å². The summed E-state index contributed by atoms with van der Waals surface area (Å²) in [5, 5.41) is 12.8. The molecule has 2 atom stereocenters. The van der Waals surface area contributed by atoms with Crippen LogP contribution in [0.4, 0.5) is 0 Å². The lowest BCUT2D eigenvalue weighted by molar-refractivity contribution is 0.0976. The van der Waals surface area contributed by atoms with Crippen LogP contribution < -0.4 is 5.32 Å². The third-order valence-corrected chi connectivity index (χ3v) is 3.45. The fraction of sp³-hybridized carbons (Fsp3) is 1.00. The first kappa shape index (κ1) is 12.9. The normalized spacial score (nSPS) is 23.6. The Morgan fingerprint density at radius 3 is 2.60 bits per heavy atom. The van der Waals surface area contributed by atoms with Crippen molar-refractivity contribution in [1.82, 2.24) is 5.32 Å². The number of aliphatic hydroxyl groups is 1. The summed E-state index contributed by atoms with van der Waals surface area (Å²) in [6, 6.07) is 0.240. The molecule has 1 saturated heterocycles. The zero-order chi connectivity index (χ0) is 11.1. The molecule has 1 rings (SSSR count). The van der Waals surface area contributed by atoms with Crippen LogP contribution in [0, 0.1) is 5.92 Å². The van der Waals surface area contributed by atoms with Gasteiger partial charge in [-0.25, -0.2) is 0 Å². The molecule has 3 nitrogen and oxygen atoms in total. The third kappa shape index (κ3) is 4.09. The van der Waals surface area contributed by atoms with E-state index in [9.17, 15) is 5.11 Å². The summed E-state index contributed by atoms with van der Waals surface area (Å²) in [4.78, 5) is 0. The van der Waals surface area contributed by atoms with Crippen LogP contribution in [0.5, 0.6) is 0 Å². The quantitative estimate of drug-likeness (QED) is 0.677. The second kappa shape index (κ2) is 7.20. The molecule has 0 spiro atoms. The van der Waals surface area contributed by atoms with Crippen molar-refractivity contribution in [3.05, 3.63) is 0 Å². The summed E-state index contributed by atoms with van der Waals surface area (Å²) in [7, 11) is 0. The predicted octanol–water partition coefficient (Wildman–Crippen LogP) is 1.55. The van der Waals surface area contributed by atoms with Crippen LogP contribution in [0.2, 0.25) is 0 Å². The van der Waals surface area contributed by atoms with Crippen LogP contribution in [0.25, 0.3) is 0 Å². The first-order chi connectivity index (χ1) is 7.31. The number of rotatable bonds is 7. The second-order valence-corrected chi connectivity index (χ2v) is 4.41. The van der Waals surface area contributed by atoms with E-state index in [2.05, 4.69) is 19.2 Å². The Morgan fingerprint density at radius 2 is 2.13 bits per heavy atom. The minimum Gasteiger partial charge on any atom is -0.395 e. The van der Waals surface area contributed by atoms with Gasteiger partial charge in [0.2, 0.25) is 0 Å². The highest BCUT2D eigenvalue weighted by molar-refractivity contribution is 4.77. The molecule has 1 fully saturated rings. The van der Waals surface area contributed by atoms with Crippen LogP contribution in [0.3, 0.4) is 0 Å². The van der Waals surface area contributed by atoms with E-state index in [0.29, 0.717) is 12.0 Å². The van der Waals surface area contributed by atoms with Gasteiger partial charge in [-0.05, 0) is 18.8 Å². The van der Waals surface area contributed by atoms with E-state index in [4.69, 9.17) is 4.74 Å². The van der Waals surface area contributed by atoms with Gasteiger partial charge in [-0.1, -0.05) is 26.7 Å². The molecular formula is C12H25NO2. The maximum atomic E-state index is 9.33. The van der Waals surface area contributed by atoms with E-state index < -0.39 is 0 Å². The summed E-state index contributed by atoms with van der Waals surface area (Å²) >= 11 is 0. The Morgan fingerprint density at radius 1 is 1.40 bits per heavy atom. The van der Waals surface area contributed by atoms with Gasteiger partial charge in [-0.2, -0.15) is 0 Å².